The van der Waals surface area contributed by atoms with Gasteiger partial charge in [-0.05, 0) is 62.8 Å². The summed E-state index contributed by atoms with van der Waals surface area (Å²) in [5.41, 5.74) is -1.51. The third-order valence-electron chi connectivity index (χ3n) is 6.29. The molecule has 34 heavy (non-hydrogen) atoms. The van der Waals surface area contributed by atoms with Crippen molar-refractivity contribution in [2.45, 2.75) is 62.5 Å². The highest BCUT2D eigenvalue weighted by molar-refractivity contribution is 7.90. The summed E-state index contributed by atoms with van der Waals surface area (Å²) in [6, 6.07) is 5.76. The smallest absolute Gasteiger partial charge is 0.254 e. The van der Waals surface area contributed by atoms with Crippen LogP contribution in [0.15, 0.2) is 36.4 Å². The number of rotatable bonds is 7. The van der Waals surface area contributed by atoms with Crippen LogP contribution >= 0.6 is 0 Å². The molecule has 1 amide bonds. The molecular weight excluding hydrogens is 469 g/mol. The van der Waals surface area contributed by atoms with Crippen LogP contribution in [0.1, 0.15) is 38.7 Å². The number of aliphatic hydroxyl groups is 1. The van der Waals surface area contributed by atoms with Gasteiger partial charge in [0.2, 0.25) is 10.0 Å². The minimum absolute atomic E-state index is 0.00984. The normalized spacial score (nSPS) is 21.2. The highest BCUT2D eigenvalue weighted by Crippen LogP contribution is 2.33. The van der Waals surface area contributed by atoms with E-state index in [1.165, 1.54) is 36.9 Å². The molecule has 0 bridgehead atoms. The van der Waals surface area contributed by atoms with Crippen molar-refractivity contribution in [1.82, 2.24) is 9.62 Å². The number of hydrogen-bond donors (Lipinski definition) is 2. The molecule has 2 N–H and O–H groups in total. The summed E-state index contributed by atoms with van der Waals surface area (Å²) in [5, 5.41) is 9.81. The van der Waals surface area contributed by atoms with Crippen molar-refractivity contribution in [3.8, 4) is 11.1 Å². The Morgan fingerprint density at radius 2 is 1.76 bits per heavy atom. The molecule has 0 radical (unpaired) electrons. The number of nitrogens with zero attached hydrogens (tertiary/aromatic N) is 1. The molecule has 0 unspecified atom stereocenters. The summed E-state index contributed by atoms with van der Waals surface area (Å²) >= 11 is 0. The van der Waals surface area contributed by atoms with Gasteiger partial charge in [-0.3, -0.25) is 4.79 Å². The highest BCUT2D eigenvalue weighted by atomic mass is 32.2. The fourth-order valence-corrected chi connectivity index (χ4v) is 6.07. The molecule has 2 fully saturated rings. The molecule has 1 aliphatic carbocycles. The van der Waals surface area contributed by atoms with E-state index < -0.39 is 56.3 Å². The van der Waals surface area contributed by atoms with Gasteiger partial charge >= 0.3 is 0 Å². The zero-order chi connectivity index (χ0) is 24.8. The standard InChI is InChI=1S/C24H27F3N2O4S/c1-24(2,31)23(30)29-9-8-20(28-34(32,33)18-6-7-18)21(29)12-14-4-3-5-19(22(14)27)15-10-16(25)13-17(26)11-15/h3-5,10-11,13,18,20-21,28,31H,6-9,12H2,1-2H3/t20-,21-/m0/s1. The Kier molecular flexibility index (Phi) is 6.52. The fraction of sp³-hybridized carbons (Fsp3) is 0.458. The molecule has 0 aromatic heterocycles. The number of sulfonamides is 1. The maximum absolute atomic E-state index is 15.5. The van der Waals surface area contributed by atoms with Gasteiger partial charge in [-0.25, -0.2) is 26.3 Å². The Morgan fingerprint density at radius 3 is 2.35 bits per heavy atom. The number of benzene rings is 2. The quantitative estimate of drug-likeness (QED) is 0.617. The van der Waals surface area contributed by atoms with E-state index in [1.54, 1.807) is 0 Å². The van der Waals surface area contributed by atoms with Crippen LogP contribution in [0, 0.1) is 17.5 Å². The van der Waals surface area contributed by atoms with Crippen LogP contribution in [0.5, 0.6) is 0 Å². The molecular formula is C24H27F3N2O4S. The third kappa shape index (κ3) is 5.13. The number of halogens is 3. The van der Waals surface area contributed by atoms with Gasteiger partial charge < -0.3 is 10.0 Å². The van der Waals surface area contributed by atoms with Crippen molar-refractivity contribution in [3.63, 3.8) is 0 Å². The molecule has 1 saturated heterocycles. The molecule has 2 aromatic rings. The summed E-state index contributed by atoms with van der Waals surface area (Å²) < 4.78 is 70.8. The summed E-state index contributed by atoms with van der Waals surface area (Å²) in [6.07, 6.45) is 1.41. The second-order valence-corrected chi connectivity index (χ2v) is 11.5. The molecule has 6 nitrogen and oxygen atoms in total. The first kappa shape index (κ1) is 24.7. The van der Waals surface area contributed by atoms with Crippen LogP contribution in [0.4, 0.5) is 13.2 Å². The first-order valence-electron chi connectivity index (χ1n) is 11.2. The van der Waals surface area contributed by atoms with Gasteiger partial charge in [-0.1, -0.05) is 18.2 Å². The van der Waals surface area contributed by atoms with E-state index in [0.29, 0.717) is 25.3 Å². The van der Waals surface area contributed by atoms with Gasteiger partial charge in [0.25, 0.3) is 5.91 Å². The maximum atomic E-state index is 15.5. The van der Waals surface area contributed by atoms with Gasteiger partial charge in [0, 0.05) is 24.2 Å². The molecule has 184 valence electrons. The molecule has 1 heterocycles. The second kappa shape index (κ2) is 8.98. The topological polar surface area (TPSA) is 86.7 Å². The summed E-state index contributed by atoms with van der Waals surface area (Å²) in [6.45, 7) is 2.88. The fourth-order valence-electron chi connectivity index (χ4n) is 4.43. The molecule has 2 aliphatic rings. The zero-order valence-corrected chi connectivity index (χ0v) is 19.7. The van der Waals surface area contributed by atoms with Crippen molar-refractivity contribution in [3.05, 3.63) is 59.4 Å². The van der Waals surface area contributed by atoms with Crippen LogP contribution < -0.4 is 4.72 Å². The number of carbonyl (C=O) groups is 1. The highest BCUT2D eigenvalue weighted by Gasteiger charge is 2.45. The van der Waals surface area contributed by atoms with Crippen LogP contribution in [-0.2, 0) is 21.2 Å². The Balaban J connectivity index is 1.68. The largest absolute Gasteiger partial charge is 0.381 e. The molecule has 1 aliphatic heterocycles. The van der Waals surface area contributed by atoms with Crippen LogP contribution in [-0.4, -0.2) is 53.8 Å². The molecule has 4 rings (SSSR count). The molecule has 1 saturated carbocycles. The minimum Gasteiger partial charge on any atom is -0.381 e. The summed E-state index contributed by atoms with van der Waals surface area (Å²) in [4.78, 5) is 14.3. The van der Waals surface area contributed by atoms with Crippen molar-refractivity contribution in [2.24, 2.45) is 0 Å². The lowest BCUT2D eigenvalue weighted by Gasteiger charge is -2.32. The minimum atomic E-state index is -3.58. The number of likely N-dealkylation sites (tertiary alicyclic amines) is 1. The predicted octanol–water partition coefficient (Wildman–Crippen LogP) is 3.14. The summed E-state index contributed by atoms with van der Waals surface area (Å²) in [7, 11) is -3.58. The van der Waals surface area contributed by atoms with Crippen LogP contribution in [0.3, 0.4) is 0 Å². The van der Waals surface area contributed by atoms with Gasteiger partial charge in [0.15, 0.2) is 0 Å². The Bertz CT molecular complexity index is 1190. The Labute approximate surface area is 196 Å². The van der Waals surface area contributed by atoms with Crippen molar-refractivity contribution < 1.29 is 31.5 Å². The van der Waals surface area contributed by atoms with Gasteiger partial charge in [0.05, 0.1) is 11.3 Å². The summed E-state index contributed by atoms with van der Waals surface area (Å²) in [5.74, 6) is -2.98. The van der Waals surface area contributed by atoms with Gasteiger partial charge in [0.1, 0.15) is 23.1 Å². The Hall–Kier alpha value is -2.43. The average molecular weight is 497 g/mol. The van der Waals surface area contributed by atoms with Gasteiger partial charge in [-0.15, -0.1) is 0 Å². The second-order valence-electron chi connectivity index (χ2n) is 9.52. The lowest BCUT2D eigenvalue weighted by atomic mass is 9.95. The zero-order valence-electron chi connectivity index (χ0n) is 18.9. The van der Waals surface area contributed by atoms with Crippen molar-refractivity contribution >= 4 is 15.9 Å². The lowest BCUT2D eigenvalue weighted by molar-refractivity contribution is -0.148. The van der Waals surface area contributed by atoms with E-state index in [1.807, 2.05) is 0 Å². The van der Waals surface area contributed by atoms with E-state index in [4.69, 9.17) is 0 Å². The first-order chi connectivity index (χ1) is 15.9. The SMILES string of the molecule is CC(C)(O)C(=O)N1CC[C@H](NS(=O)(=O)C2CC2)[C@@H]1Cc1cccc(-c2cc(F)cc(F)c2)c1F. The number of nitrogens with one attached hydrogen (secondary N) is 1. The Morgan fingerprint density at radius 1 is 1.12 bits per heavy atom. The van der Waals surface area contributed by atoms with Crippen LogP contribution in [0.25, 0.3) is 11.1 Å². The van der Waals surface area contributed by atoms with E-state index in [9.17, 15) is 27.1 Å². The molecule has 0 spiro atoms. The molecule has 10 heteroatoms. The van der Waals surface area contributed by atoms with Crippen LogP contribution in [0.2, 0.25) is 0 Å². The predicted molar refractivity (Wildman–Crippen MR) is 121 cm³/mol. The lowest BCUT2D eigenvalue weighted by Crippen LogP contribution is -2.53. The van der Waals surface area contributed by atoms with Gasteiger partial charge in [-0.2, -0.15) is 0 Å². The van der Waals surface area contributed by atoms with E-state index in [2.05, 4.69) is 4.72 Å². The maximum Gasteiger partial charge on any atom is 0.254 e. The molecule has 2 atom stereocenters. The molecule has 2 aromatic carbocycles. The first-order valence-corrected chi connectivity index (χ1v) is 12.7. The van der Waals surface area contributed by atoms with Crippen molar-refractivity contribution in [2.75, 3.05) is 6.54 Å². The van der Waals surface area contributed by atoms with E-state index in [-0.39, 0.29) is 29.7 Å². The van der Waals surface area contributed by atoms with E-state index >= 15 is 4.39 Å². The van der Waals surface area contributed by atoms with E-state index in [0.717, 1.165) is 12.1 Å². The number of amides is 1. The van der Waals surface area contributed by atoms with Crippen molar-refractivity contribution in [1.29, 1.82) is 0 Å². The number of carbonyl (C=O) groups excluding carboxylic acids is 1. The average Bonchev–Trinajstić information content (AvgIpc) is 3.52. The number of hydrogen-bond acceptors (Lipinski definition) is 4. The third-order valence-corrected chi connectivity index (χ3v) is 8.27. The monoisotopic (exact) mass is 496 g/mol.